The number of aliphatic hydroxyl groups excluding tert-OH is 1. The summed E-state index contributed by atoms with van der Waals surface area (Å²) in [4.78, 5) is 21.7. The smallest absolute Gasteiger partial charge is 0.162 e. The van der Waals surface area contributed by atoms with Gasteiger partial charge in [-0.1, -0.05) is 0 Å². The topological polar surface area (TPSA) is 127 Å². The minimum absolute atomic E-state index is 0.0600. The molecule has 0 fully saturated rings. The highest BCUT2D eigenvalue weighted by Gasteiger charge is 2.13. The van der Waals surface area contributed by atoms with Crippen molar-refractivity contribution in [2.24, 2.45) is 0 Å². The molecule has 3 N–H and O–H groups in total. The van der Waals surface area contributed by atoms with Gasteiger partial charge in [-0.05, 0) is 30.7 Å². The van der Waals surface area contributed by atoms with E-state index >= 15 is 0 Å². The van der Waals surface area contributed by atoms with Crippen molar-refractivity contribution in [1.29, 1.82) is 0 Å². The average Bonchev–Trinajstić information content (AvgIpc) is 2.67. The molecule has 1 aromatic carbocycles. The molecular weight excluding hydrogens is 422 g/mol. The quantitative estimate of drug-likeness (QED) is 0.116. The first kappa shape index (κ1) is 25.9. The maximum Gasteiger partial charge on any atom is 0.162 e. The van der Waals surface area contributed by atoms with E-state index in [1.807, 2.05) is 0 Å². The van der Waals surface area contributed by atoms with Gasteiger partial charge in [0.05, 0.1) is 26.4 Å². The number of ketones is 1. The molecule has 0 saturated heterocycles. The Morgan fingerprint density at radius 3 is 2.34 bits per heavy atom. The first-order valence-corrected chi connectivity index (χ1v) is 11.9. The number of ether oxygens (including phenoxy) is 2. The first-order chi connectivity index (χ1) is 13.8. The van der Waals surface area contributed by atoms with Gasteiger partial charge in [-0.25, -0.2) is 14.0 Å². The van der Waals surface area contributed by atoms with E-state index in [1.165, 1.54) is 6.26 Å². The fraction of sp³-hybridized carbons (Fsp3) is 0.611. The minimum Gasteiger partial charge on any atom is -0.399 e. The molecule has 2 atom stereocenters. The summed E-state index contributed by atoms with van der Waals surface area (Å²) < 4.78 is 26.9. The van der Waals surface area contributed by atoms with Gasteiger partial charge in [-0.2, -0.15) is 0 Å². The van der Waals surface area contributed by atoms with Gasteiger partial charge in [0.25, 0.3) is 0 Å². The highest BCUT2D eigenvalue weighted by Crippen LogP contribution is 2.09. The van der Waals surface area contributed by atoms with Gasteiger partial charge in [0.2, 0.25) is 0 Å². The zero-order valence-electron chi connectivity index (χ0n) is 16.4. The van der Waals surface area contributed by atoms with Gasteiger partial charge in [-0.15, -0.1) is 0 Å². The van der Waals surface area contributed by atoms with E-state index in [1.54, 1.807) is 24.3 Å². The third-order valence-electron chi connectivity index (χ3n) is 3.46. The summed E-state index contributed by atoms with van der Waals surface area (Å²) in [5.41, 5.74) is 6.87. The number of benzene rings is 1. The summed E-state index contributed by atoms with van der Waals surface area (Å²) in [7, 11) is -2.84. The zero-order chi connectivity index (χ0) is 21.5. The van der Waals surface area contributed by atoms with Crippen LogP contribution >= 0.6 is 0 Å². The molecule has 0 aliphatic rings. The summed E-state index contributed by atoms with van der Waals surface area (Å²) in [5, 5.41) is 9.05. The number of hydrogen-bond acceptors (Lipinski definition) is 10. The molecule has 9 nitrogen and oxygen atoms in total. The number of aliphatic hydroxyl groups is 1. The molecule has 0 bridgehead atoms. The second-order valence-electron chi connectivity index (χ2n) is 6.08. The third kappa shape index (κ3) is 13.6. The molecule has 0 aliphatic carbocycles. The van der Waals surface area contributed by atoms with Gasteiger partial charge in [-0.3, -0.25) is 8.98 Å². The Labute approximate surface area is 176 Å². The number of carbonyl (C=O) groups excluding carboxylic acids is 1. The van der Waals surface area contributed by atoms with Crippen LogP contribution in [0.3, 0.4) is 0 Å². The van der Waals surface area contributed by atoms with E-state index in [4.69, 9.17) is 34.3 Å². The summed E-state index contributed by atoms with van der Waals surface area (Å²) in [5.74, 6) is 0.0600. The molecule has 2 unspecified atom stereocenters. The summed E-state index contributed by atoms with van der Waals surface area (Å²) in [6.07, 6.45) is 1.47. The molecule has 29 heavy (non-hydrogen) atoms. The molecule has 11 heteroatoms. The van der Waals surface area contributed by atoms with Crippen LogP contribution in [-0.4, -0.2) is 73.7 Å². The molecule has 1 rings (SSSR count). The highest BCUT2D eigenvalue weighted by molar-refractivity contribution is 8.29. The second-order valence-corrected chi connectivity index (χ2v) is 9.50. The number of nitrogens with two attached hydrogens (primary N) is 1. The first-order valence-electron chi connectivity index (χ1n) is 9.09. The molecule has 1 aromatic rings. The zero-order valence-corrected chi connectivity index (χ0v) is 18.1. The van der Waals surface area contributed by atoms with Crippen LogP contribution < -0.4 is 5.73 Å². The molecule has 0 heterocycles. The number of rotatable bonds is 17. The van der Waals surface area contributed by atoms with Gasteiger partial charge in [0, 0.05) is 41.7 Å². The molecule has 0 amide bonds. The number of nitrogen functional groups attached to an aromatic ring is 1. The van der Waals surface area contributed by atoms with Gasteiger partial charge in [0.15, 0.2) is 5.78 Å². The maximum atomic E-state index is 12.0. The predicted octanol–water partition coefficient (Wildman–Crippen LogP) is 0.882. The molecular formula is C18H29NO8S2. The van der Waals surface area contributed by atoms with Crippen LogP contribution in [0.2, 0.25) is 0 Å². The van der Waals surface area contributed by atoms with E-state index in [0.29, 0.717) is 43.9 Å². The molecule has 0 saturated carbocycles. The Kier molecular flexibility index (Phi) is 13.1. The predicted molar refractivity (Wildman–Crippen MR) is 111 cm³/mol. The van der Waals surface area contributed by atoms with Gasteiger partial charge in [0.1, 0.15) is 28.1 Å². The lowest BCUT2D eigenvalue weighted by atomic mass is 10.1. The molecule has 166 valence electrons. The number of hydrogen-bond donors (Lipinski definition) is 2. The van der Waals surface area contributed by atoms with E-state index in [-0.39, 0.29) is 32.2 Å². The lowest BCUT2D eigenvalue weighted by Crippen LogP contribution is -2.26. The Morgan fingerprint density at radius 1 is 1.10 bits per heavy atom. The van der Waals surface area contributed by atoms with Crippen molar-refractivity contribution in [1.82, 2.24) is 0 Å². The average molecular weight is 452 g/mol. The Bertz CT molecular complexity index is 682. The van der Waals surface area contributed by atoms with Crippen molar-refractivity contribution in [3.63, 3.8) is 0 Å². The summed E-state index contributed by atoms with van der Waals surface area (Å²) >= 11 is 4.60. The van der Waals surface area contributed by atoms with Crippen molar-refractivity contribution in [3.05, 3.63) is 29.8 Å². The van der Waals surface area contributed by atoms with Crippen LogP contribution in [0, 0.1) is 0 Å². The van der Waals surface area contributed by atoms with Crippen molar-refractivity contribution >= 4 is 31.4 Å². The Morgan fingerprint density at radius 2 is 1.72 bits per heavy atom. The minimum atomic E-state index is -2.84. The van der Waals surface area contributed by atoms with Crippen molar-refractivity contribution in [2.45, 2.75) is 18.9 Å². The van der Waals surface area contributed by atoms with Crippen molar-refractivity contribution in [3.8, 4) is 0 Å². The van der Waals surface area contributed by atoms with Crippen LogP contribution in [-0.2, 0) is 43.4 Å². The van der Waals surface area contributed by atoms with Gasteiger partial charge >= 0.3 is 0 Å². The molecule has 0 aromatic heterocycles. The fourth-order valence-electron chi connectivity index (χ4n) is 2.10. The van der Waals surface area contributed by atoms with E-state index < -0.39 is 14.9 Å². The van der Waals surface area contributed by atoms with Crippen LogP contribution in [0.5, 0.6) is 0 Å². The largest absolute Gasteiger partial charge is 0.399 e. The molecule has 0 spiro atoms. The second kappa shape index (κ2) is 14.7. The van der Waals surface area contributed by atoms with Crippen LogP contribution in [0.1, 0.15) is 23.2 Å². The monoisotopic (exact) mass is 451 g/mol. The fourth-order valence-corrected chi connectivity index (χ4v) is 3.05. The Hall–Kier alpha value is -1.18. The summed E-state index contributed by atoms with van der Waals surface area (Å²) in [6, 6.07) is 6.85. The van der Waals surface area contributed by atoms with E-state index in [2.05, 4.69) is 11.2 Å². The van der Waals surface area contributed by atoms with Crippen molar-refractivity contribution in [2.75, 3.05) is 58.2 Å². The number of anilines is 1. The SMILES string of the molecule is CS(=O)(=S)OC(CO)COOCCOCCOCCCC(=O)c1ccc(N)cc1. The maximum absolute atomic E-state index is 12.0. The lowest BCUT2D eigenvalue weighted by Gasteiger charge is -2.14. The molecule has 0 radical (unpaired) electrons. The van der Waals surface area contributed by atoms with E-state index in [9.17, 15) is 9.00 Å². The van der Waals surface area contributed by atoms with Crippen LogP contribution in [0.25, 0.3) is 0 Å². The highest BCUT2D eigenvalue weighted by atomic mass is 32.8. The third-order valence-corrected chi connectivity index (χ3v) is 4.32. The lowest BCUT2D eigenvalue weighted by molar-refractivity contribution is -0.308. The normalized spacial score (nSPS) is 14.4. The van der Waals surface area contributed by atoms with Gasteiger partial charge < -0.3 is 20.3 Å². The Balaban J connectivity index is 1.92. The van der Waals surface area contributed by atoms with Crippen LogP contribution in [0.4, 0.5) is 5.69 Å². The van der Waals surface area contributed by atoms with Crippen LogP contribution in [0.15, 0.2) is 24.3 Å². The standard InChI is InChI=1S/C18H29NO8S2/c1-29(22,28)27-17(13-20)14-26-25-12-11-24-10-9-23-8-2-3-18(21)15-4-6-16(19)7-5-15/h4-7,17,20H,2-3,8-14,19H2,1H3. The van der Waals surface area contributed by atoms with E-state index in [0.717, 1.165) is 0 Å². The number of carbonyl (C=O) groups is 1. The number of Topliss-reactive ketones (excluding diaryl/α,β-unsaturated/α-hetero) is 1. The van der Waals surface area contributed by atoms with Crippen molar-refractivity contribution < 1.29 is 37.5 Å². The summed E-state index contributed by atoms with van der Waals surface area (Å²) in [6.45, 7) is 1.22. The molecule has 0 aliphatic heterocycles.